The second kappa shape index (κ2) is 4.45. The average Bonchev–Trinajstić information content (AvgIpc) is 2.60. The molecule has 16 heavy (non-hydrogen) atoms. The number of hydrogen-bond donors (Lipinski definition) is 1. The van der Waals surface area contributed by atoms with Gasteiger partial charge in [-0.1, -0.05) is 6.07 Å². The molecule has 1 aliphatic heterocycles. The molecular weight excluding hydrogens is 220 g/mol. The molecule has 1 unspecified atom stereocenters. The maximum atomic E-state index is 11.8. The van der Waals surface area contributed by atoms with Crippen molar-refractivity contribution in [3.05, 3.63) is 29.6 Å². The zero-order chi connectivity index (χ0) is 11.7. The SMILES string of the molecule is CC(S)c1ccc([C@H]2CCN(C)C2=O)cn1. The smallest absolute Gasteiger partial charge is 0.229 e. The molecule has 0 aliphatic carbocycles. The van der Waals surface area contributed by atoms with Crippen LogP contribution in [0.2, 0.25) is 0 Å². The normalized spacial score (nSPS) is 22.6. The van der Waals surface area contributed by atoms with E-state index in [-0.39, 0.29) is 17.1 Å². The molecule has 0 N–H and O–H groups in total. The maximum Gasteiger partial charge on any atom is 0.229 e. The largest absolute Gasteiger partial charge is 0.345 e. The molecule has 0 radical (unpaired) electrons. The molecule has 1 aliphatic rings. The third kappa shape index (κ3) is 2.07. The summed E-state index contributed by atoms with van der Waals surface area (Å²) in [4.78, 5) is 17.9. The van der Waals surface area contributed by atoms with Gasteiger partial charge in [0.1, 0.15) is 0 Å². The van der Waals surface area contributed by atoms with Crippen molar-refractivity contribution in [3.8, 4) is 0 Å². The van der Waals surface area contributed by atoms with Crippen molar-refractivity contribution in [2.24, 2.45) is 0 Å². The van der Waals surface area contributed by atoms with E-state index in [2.05, 4.69) is 17.6 Å². The summed E-state index contributed by atoms with van der Waals surface area (Å²) in [5.41, 5.74) is 1.97. The van der Waals surface area contributed by atoms with E-state index >= 15 is 0 Å². The number of nitrogens with zero attached hydrogens (tertiary/aromatic N) is 2. The predicted octanol–water partition coefficient (Wildman–Crippen LogP) is 2.02. The second-order valence-corrected chi connectivity index (χ2v) is 5.07. The van der Waals surface area contributed by atoms with Crippen molar-refractivity contribution in [1.29, 1.82) is 0 Å². The topological polar surface area (TPSA) is 33.2 Å². The maximum absolute atomic E-state index is 11.8. The van der Waals surface area contributed by atoms with Gasteiger partial charge in [0.2, 0.25) is 5.91 Å². The van der Waals surface area contributed by atoms with Crippen LogP contribution in [-0.2, 0) is 4.79 Å². The van der Waals surface area contributed by atoms with E-state index < -0.39 is 0 Å². The monoisotopic (exact) mass is 236 g/mol. The Morgan fingerprint density at radius 3 is 2.75 bits per heavy atom. The molecule has 2 heterocycles. The minimum atomic E-state index is 0.00164. The summed E-state index contributed by atoms with van der Waals surface area (Å²) in [6.45, 7) is 2.83. The minimum absolute atomic E-state index is 0.00164. The van der Waals surface area contributed by atoms with Crippen molar-refractivity contribution < 1.29 is 4.79 Å². The molecule has 2 atom stereocenters. The highest BCUT2D eigenvalue weighted by Crippen LogP contribution is 2.28. The highest BCUT2D eigenvalue weighted by atomic mass is 32.1. The van der Waals surface area contributed by atoms with Crippen molar-refractivity contribution in [3.63, 3.8) is 0 Å². The fourth-order valence-corrected chi connectivity index (χ4v) is 2.15. The summed E-state index contributed by atoms with van der Waals surface area (Å²) in [7, 11) is 1.85. The zero-order valence-electron chi connectivity index (χ0n) is 9.55. The number of hydrogen-bond acceptors (Lipinski definition) is 3. The summed E-state index contributed by atoms with van der Waals surface area (Å²) < 4.78 is 0. The standard InChI is InChI=1S/C12H16N2OS/c1-8(16)11-4-3-9(7-13-11)10-5-6-14(2)12(10)15/h3-4,7-8,10,16H,5-6H2,1-2H3/t8?,10-/m1/s1. The number of amides is 1. The predicted molar refractivity (Wildman–Crippen MR) is 66.6 cm³/mol. The lowest BCUT2D eigenvalue weighted by atomic mass is 9.99. The third-order valence-corrected chi connectivity index (χ3v) is 3.33. The molecule has 3 nitrogen and oxygen atoms in total. The number of carbonyl (C=O) groups excluding carboxylic acids is 1. The first-order valence-corrected chi connectivity index (χ1v) is 6.00. The van der Waals surface area contributed by atoms with Crippen LogP contribution in [0.25, 0.3) is 0 Å². The van der Waals surface area contributed by atoms with Crippen molar-refractivity contribution >= 4 is 18.5 Å². The first-order chi connectivity index (χ1) is 7.59. The highest BCUT2D eigenvalue weighted by molar-refractivity contribution is 7.80. The Labute approximate surface area is 101 Å². The van der Waals surface area contributed by atoms with Crippen molar-refractivity contribution in [1.82, 2.24) is 9.88 Å². The number of pyridine rings is 1. The number of carbonyl (C=O) groups is 1. The summed E-state index contributed by atoms with van der Waals surface area (Å²) in [5, 5.41) is 0.135. The lowest BCUT2D eigenvalue weighted by molar-refractivity contribution is -0.127. The lowest BCUT2D eigenvalue weighted by Crippen LogP contribution is -2.21. The Hall–Kier alpha value is -1.03. The van der Waals surface area contributed by atoms with Crippen molar-refractivity contribution in [2.75, 3.05) is 13.6 Å². The number of thiol groups is 1. The van der Waals surface area contributed by atoms with Gasteiger partial charge in [-0.2, -0.15) is 12.6 Å². The van der Waals surface area contributed by atoms with E-state index in [1.807, 2.05) is 32.3 Å². The molecule has 2 rings (SSSR count). The van der Waals surface area contributed by atoms with Gasteiger partial charge in [-0.15, -0.1) is 0 Å². The van der Waals surface area contributed by atoms with E-state index in [1.165, 1.54) is 0 Å². The van der Waals surface area contributed by atoms with Crippen LogP contribution in [0, 0.1) is 0 Å². The molecule has 4 heteroatoms. The first kappa shape index (κ1) is 11.5. The molecule has 0 aromatic carbocycles. The summed E-state index contributed by atoms with van der Waals surface area (Å²) in [6.07, 6.45) is 2.70. The Kier molecular flexibility index (Phi) is 3.19. The van der Waals surface area contributed by atoms with Gasteiger partial charge in [0, 0.05) is 25.0 Å². The minimum Gasteiger partial charge on any atom is -0.345 e. The van der Waals surface area contributed by atoms with Crippen LogP contribution in [0.15, 0.2) is 18.3 Å². The van der Waals surface area contributed by atoms with Gasteiger partial charge < -0.3 is 4.90 Å². The molecular formula is C12H16N2OS. The number of rotatable bonds is 2. The molecule has 1 aromatic heterocycles. The molecule has 86 valence electrons. The summed E-state index contributed by atoms with van der Waals surface area (Å²) in [6, 6.07) is 3.95. The molecule has 1 amide bonds. The lowest BCUT2D eigenvalue weighted by Gasteiger charge is -2.11. The molecule has 0 spiro atoms. The van der Waals surface area contributed by atoms with E-state index in [0.717, 1.165) is 24.2 Å². The fraction of sp³-hybridized carbons (Fsp3) is 0.500. The zero-order valence-corrected chi connectivity index (χ0v) is 10.4. The molecule has 1 saturated heterocycles. The Balaban J connectivity index is 2.19. The molecule has 1 aromatic rings. The van der Waals surface area contributed by atoms with Crippen LogP contribution in [0.5, 0.6) is 0 Å². The van der Waals surface area contributed by atoms with Crippen LogP contribution in [-0.4, -0.2) is 29.4 Å². The number of likely N-dealkylation sites (N-methyl/N-ethyl adjacent to an activating group) is 1. The van der Waals surface area contributed by atoms with Gasteiger partial charge in [-0.3, -0.25) is 9.78 Å². The van der Waals surface area contributed by atoms with E-state index in [4.69, 9.17) is 0 Å². The Morgan fingerprint density at radius 2 is 2.31 bits per heavy atom. The Morgan fingerprint density at radius 1 is 1.56 bits per heavy atom. The van der Waals surface area contributed by atoms with Crippen LogP contribution >= 0.6 is 12.6 Å². The van der Waals surface area contributed by atoms with Gasteiger partial charge in [-0.05, 0) is 25.0 Å². The summed E-state index contributed by atoms with van der Waals surface area (Å²) in [5.74, 6) is 0.204. The van der Waals surface area contributed by atoms with E-state index in [0.29, 0.717) is 0 Å². The van der Waals surface area contributed by atoms with Gasteiger partial charge >= 0.3 is 0 Å². The third-order valence-electron chi connectivity index (χ3n) is 3.07. The first-order valence-electron chi connectivity index (χ1n) is 5.48. The summed E-state index contributed by atoms with van der Waals surface area (Å²) >= 11 is 4.33. The van der Waals surface area contributed by atoms with E-state index in [9.17, 15) is 4.79 Å². The molecule has 0 saturated carbocycles. The van der Waals surface area contributed by atoms with Gasteiger partial charge in [0.25, 0.3) is 0 Å². The Bertz CT molecular complexity index is 389. The second-order valence-electron chi connectivity index (χ2n) is 4.29. The molecule has 0 bridgehead atoms. The van der Waals surface area contributed by atoms with Gasteiger partial charge in [-0.25, -0.2) is 0 Å². The molecule has 1 fully saturated rings. The van der Waals surface area contributed by atoms with Crippen LogP contribution in [0.3, 0.4) is 0 Å². The quantitative estimate of drug-likeness (QED) is 0.797. The van der Waals surface area contributed by atoms with Crippen LogP contribution in [0.4, 0.5) is 0 Å². The highest BCUT2D eigenvalue weighted by Gasteiger charge is 2.30. The number of likely N-dealkylation sites (tertiary alicyclic amines) is 1. The number of aromatic nitrogens is 1. The fourth-order valence-electron chi connectivity index (χ4n) is 2.00. The van der Waals surface area contributed by atoms with Gasteiger partial charge in [0.05, 0.1) is 11.6 Å². The van der Waals surface area contributed by atoms with Crippen molar-refractivity contribution in [2.45, 2.75) is 24.5 Å². The van der Waals surface area contributed by atoms with Crippen LogP contribution in [0.1, 0.15) is 35.8 Å². The van der Waals surface area contributed by atoms with Gasteiger partial charge in [0.15, 0.2) is 0 Å². The van der Waals surface area contributed by atoms with Crippen LogP contribution < -0.4 is 0 Å². The van der Waals surface area contributed by atoms with E-state index in [1.54, 1.807) is 4.90 Å². The average molecular weight is 236 g/mol.